The fraction of sp³-hybridized carbons (Fsp3) is 0.583. The lowest BCUT2D eigenvalue weighted by molar-refractivity contribution is 0.357. The summed E-state index contributed by atoms with van der Waals surface area (Å²) in [5, 5.41) is 3.10. The van der Waals surface area contributed by atoms with Gasteiger partial charge in [-0.15, -0.1) is 0 Å². The van der Waals surface area contributed by atoms with Crippen LogP contribution in [0.5, 0.6) is 0 Å². The van der Waals surface area contributed by atoms with Gasteiger partial charge in [-0.05, 0) is 31.7 Å². The molecule has 1 aromatic heterocycles. The summed E-state index contributed by atoms with van der Waals surface area (Å²) >= 11 is 5.99. The van der Waals surface area contributed by atoms with Crippen LogP contribution in [0.4, 0.5) is 5.82 Å². The Kier molecular flexibility index (Phi) is 4.03. The van der Waals surface area contributed by atoms with Crippen molar-refractivity contribution in [3.05, 3.63) is 17.3 Å². The molecule has 1 aromatic rings. The van der Waals surface area contributed by atoms with Crippen molar-refractivity contribution in [3.8, 4) is 0 Å². The van der Waals surface area contributed by atoms with Gasteiger partial charge < -0.3 is 5.32 Å². The van der Waals surface area contributed by atoms with Gasteiger partial charge in [-0.2, -0.15) is 4.31 Å². The molecule has 1 unspecified atom stereocenters. The normalized spacial score (nSPS) is 17.5. The number of halogens is 1. The molecular weight excluding hydrogens is 286 g/mol. The fourth-order valence-electron chi connectivity index (χ4n) is 2.01. The third-order valence-corrected chi connectivity index (χ3v) is 5.81. The molecule has 1 aliphatic carbocycles. The van der Waals surface area contributed by atoms with Gasteiger partial charge in [0.05, 0.1) is 5.02 Å². The highest BCUT2D eigenvalue weighted by atomic mass is 35.5. The number of pyridine rings is 1. The minimum Gasteiger partial charge on any atom is -0.372 e. The predicted molar refractivity (Wildman–Crippen MR) is 75.9 cm³/mol. The quantitative estimate of drug-likeness (QED) is 0.906. The number of rotatable bonds is 5. The van der Waals surface area contributed by atoms with Crippen LogP contribution in [-0.2, 0) is 10.0 Å². The van der Waals surface area contributed by atoms with E-state index in [-0.39, 0.29) is 10.9 Å². The zero-order valence-electron chi connectivity index (χ0n) is 11.2. The van der Waals surface area contributed by atoms with Crippen LogP contribution in [0.2, 0.25) is 5.02 Å². The van der Waals surface area contributed by atoms with Crippen molar-refractivity contribution < 1.29 is 8.42 Å². The van der Waals surface area contributed by atoms with Crippen LogP contribution >= 0.6 is 11.6 Å². The van der Waals surface area contributed by atoms with Crippen molar-refractivity contribution in [2.45, 2.75) is 30.7 Å². The first-order valence-electron chi connectivity index (χ1n) is 6.19. The molecule has 5 nitrogen and oxygen atoms in total. The van der Waals surface area contributed by atoms with Crippen LogP contribution in [-0.4, -0.2) is 37.8 Å². The molecule has 0 aromatic carbocycles. The lowest BCUT2D eigenvalue weighted by atomic mass is 10.2. The number of nitrogens with one attached hydrogen (secondary N) is 1. The lowest BCUT2D eigenvalue weighted by Crippen LogP contribution is -2.36. The Morgan fingerprint density at radius 1 is 1.53 bits per heavy atom. The molecule has 0 saturated heterocycles. The lowest BCUT2D eigenvalue weighted by Gasteiger charge is -2.24. The van der Waals surface area contributed by atoms with E-state index < -0.39 is 10.0 Å². The second-order valence-corrected chi connectivity index (χ2v) is 7.26. The van der Waals surface area contributed by atoms with Crippen molar-refractivity contribution >= 4 is 27.4 Å². The minimum absolute atomic E-state index is 0.00718. The molecule has 7 heteroatoms. The van der Waals surface area contributed by atoms with E-state index >= 15 is 0 Å². The van der Waals surface area contributed by atoms with E-state index in [1.807, 2.05) is 6.92 Å². The predicted octanol–water partition coefficient (Wildman–Crippen LogP) is 2.20. The molecule has 2 rings (SSSR count). The first kappa shape index (κ1) is 14.6. The van der Waals surface area contributed by atoms with Crippen LogP contribution in [0.1, 0.15) is 19.8 Å². The Bertz CT molecular complexity index is 572. The van der Waals surface area contributed by atoms with E-state index in [0.29, 0.717) is 16.8 Å². The topological polar surface area (TPSA) is 62.3 Å². The third kappa shape index (κ3) is 2.85. The molecule has 1 saturated carbocycles. The number of nitrogens with zero attached hydrogens (tertiary/aromatic N) is 2. The van der Waals surface area contributed by atoms with Gasteiger partial charge in [0.2, 0.25) is 10.0 Å². The van der Waals surface area contributed by atoms with Crippen molar-refractivity contribution in [3.63, 3.8) is 0 Å². The van der Waals surface area contributed by atoms with Crippen molar-refractivity contribution in [2.75, 3.05) is 19.4 Å². The number of aromatic nitrogens is 1. The van der Waals surface area contributed by atoms with Gasteiger partial charge in [0.25, 0.3) is 0 Å². The summed E-state index contributed by atoms with van der Waals surface area (Å²) in [7, 11) is -0.239. The Morgan fingerprint density at radius 3 is 2.63 bits per heavy atom. The van der Waals surface area contributed by atoms with Gasteiger partial charge in [0.1, 0.15) is 10.7 Å². The Hall–Kier alpha value is -0.850. The molecule has 1 atom stereocenters. The largest absolute Gasteiger partial charge is 0.372 e. The molecule has 0 bridgehead atoms. The van der Waals surface area contributed by atoms with E-state index in [4.69, 9.17) is 11.6 Å². The van der Waals surface area contributed by atoms with Gasteiger partial charge in [-0.3, -0.25) is 0 Å². The van der Waals surface area contributed by atoms with Crippen molar-refractivity contribution in [1.29, 1.82) is 0 Å². The van der Waals surface area contributed by atoms with E-state index in [2.05, 4.69) is 10.3 Å². The third-order valence-electron chi connectivity index (χ3n) is 3.61. The maximum Gasteiger partial charge on any atom is 0.244 e. The molecule has 1 fully saturated rings. The highest BCUT2D eigenvalue weighted by Crippen LogP contribution is 2.36. The summed E-state index contributed by atoms with van der Waals surface area (Å²) in [5.41, 5.74) is 0. The minimum atomic E-state index is -3.53. The molecule has 0 spiro atoms. The van der Waals surface area contributed by atoms with Crippen LogP contribution in [0.3, 0.4) is 0 Å². The summed E-state index contributed by atoms with van der Waals surface area (Å²) in [6, 6.07) is 1.44. The van der Waals surface area contributed by atoms with Gasteiger partial charge in [-0.25, -0.2) is 13.4 Å². The van der Waals surface area contributed by atoms with E-state index in [1.54, 1.807) is 14.1 Å². The molecule has 0 aliphatic heterocycles. The zero-order chi connectivity index (χ0) is 14.2. The summed E-state index contributed by atoms with van der Waals surface area (Å²) in [5.74, 6) is 0.943. The van der Waals surface area contributed by atoms with Gasteiger partial charge in [0.15, 0.2) is 0 Å². The maximum absolute atomic E-state index is 12.5. The first-order valence-corrected chi connectivity index (χ1v) is 8.01. The van der Waals surface area contributed by atoms with E-state index in [0.717, 1.165) is 12.8 Å². The van der Waals surface area contributed by atoms with Crippen molar-refractivity contribution in [2.24, 2.45) is 5.92 Å². The molecule has 1 heterocycles. The second-order valence-electron chi connectivity index (χ2n) is 4.85. The molecule has 0 amide bonds. The van der Waals surface area contributed by atoms with Crippen molar-refractivity contribution in [1.82, 2.24) is 9.29 Å². The summed E-state index contributed by atoms with van der Waals surface area (Å²) < 4.78 is 26.3. The van der Waals surface area contributed by atoms with Crippen LogP contribution in [0, 0.1) is 5.92 Å². The average Bonchev–Trinajstić information content (AvgIpc) is 3.21. The van der Waals surface area contributed by atoms with E-state index in [1.165, 1.54) is 16.6 Å². The number of anilines is 1. The highest BCUT2D eigenvalue weighted by molar-refractivity contribution is 7.89. The molecule has 0 radical (unpaired) electrons. The fourth-order valence-corrected chi connectivity index (χ4v) is 3.73. The molecule has 19 heavy (non-hydrogen) atoms. The molecular formula is C12H18ClN3O2S. The van der Waals surface area contributed by atoms with Crippen LogP contribution < -0.4 is 5.32 Å². The summed E-state index contributed by atoms with van der Waals surface area (Å²) in [6.07, 6.45) is 3.53. The monoisotopic (exact) mass is 303 g/mol. The van der Waals surface area contributed by atoms with Gasteiger partial charge in [0, 0.05) is 26.3 Å². The first-order chi connectivity index (χ1) is 8.87. The SMILES string of the molecule is CNc1ncc(S(=O)(=O)N(C)C(C)C2CC2)cc1Cl. The Balaban J connectivity index is 2.30. The summed E-state index contributed by atoms with van der Waals surface area (Å²) in [4.78, 5) is 4.15. The Morgan fingerprint density at radius 2 is 2.16 bits per heavy atom. The Labute approximate surface area is 119 Å². The average molecular weight is 304 g/mol. The summed E-state index contributed by atoms with van der Waals surface area (Å²) in [6.45, 7) is 1.94. The highest BCUT2D eigenvalue weighted by Gasteiger charge is 2.36. The number of sulfonamides is 1. The molecule has 1 aliphatic rings. The standard InChI is InChI=1S/C12H18ClN3O2S/c1-8(9-4-5-9)16(3)19(17,18)10-6-11(13)12(14-2)15-7-10/h6-9H,4-5H2,1-3H3,(H,14,15). The van der Waals surface area contributed by atoms with Crippen LogP contribution in [0.15, 0.2) is 17.2 Å². The smallest absolute Gasteiger partial charge is 0.244 e. The number of hydrogen-bond acceptors (Lipinski definition) is 4. The van der Waals surface area contributed by atoms with Crippen LogP contribution in [0.25, 0.3) is 0 Å². The van der Waals surface area contributed by atoms with Gasteiger partial charge in [-0.1, -0.05) is 11.6 Å². The second kappa shape index (κ2) is 5.26. The van der Waals surface area contributed by atoms with Gasteiger partial charge >= 0.3 is 0 Å². The number of hydrogen-bond donors (Lipinski definition) is 1. The molecule has 106 valence electrons. The van der Waals surface area contributed by atoms with E-state index in [9.17, 15) is 8.42 Å². The molecule has 1 N–H and O–H groups in total. The zero-order valence-corrected chi connectivity index (χ0v) is 12.8. The maximum atomic E-state index is 12.5.